The molecule has 2 atom stereocenters. The minimum Gasteiger partial charge on any atom is -0.435 e. The number of rotatable bonds is 6. The summed E-state index contributed by atoms with van der Waals surface area (Å²) in [5, 5.41) is 11.5. The van der Waals surface area contributed by atoms with Crippen molar-refractivity contribution in [2.24, 2.45) is 5.73 Å². The Balaban J connectivity index is 2.25. The molecule has 0 saturated carbocycles. The monoisotopic (exact) mass is 501 g/mol. The van der Waals surface area contributed by atoms with Crippen molar-refractivity contribution in [3.8, 4) is 22.9 Å². The van der Waals surface area contributed by atoms with Gasteiger partial charge in [-0.3, -0.25) is 4.79 Å². The normalized spacial score (nSPS) is 18.9. The number of nitrogens with one attached hydrogen (secondary N) is 1. The number of aromatic nitrogens is 1. The lowest BCUT2D eigenvalue weighted by atomic mass is 9.97. The Bertz CT molecular complexity index is 1160. The van der Waals surface area contributed by atoms with Crippen LogP contribution in [0.1, 0.15) is 36.3 Å². The number of hydrogen-bond donors (Lipinski definition) is 2. The van der Waals surface area contributed by atoms with Gasteiger partial charge in [-0.2, -0.15) is 27.2 Å². The number of carbonyl (C=O) groups excluding carboxylic acids is 1. The second-order valence-electron chi connectivity index (χ2n) is 8.47. The van der Waals surface area contributed by atoms with Gasteiger partial charge in [0.25, 0.3) is 5.91 Å². The Morgan fingerprint density at radius 3 is 2.57 bits per heavy atom. The number of hydrogen-bond acceptors (Lipinski definition) is 6. The molecule has 35 heavy (non-hydrogen) atoms. The Morgan fingerprint density at radius 1 is 1.34 bits per heavy atom. The molecule has 0 radical (unpaired) electrons. The molecular weight excluding hydrogens is 480 g/mol. The zero-order valence-corrected chi connectivity index (χ0v) is 18.6. The number of anilines is 1. The summed E-state index contributed by atoms with van der Waals surface area (Å²) in [6.45, 7) is -0.404. The first-order valence-electron chi connectivity index (χ1n) is 10.3. The zero-order chi connectivity index (χ0) is 26.1. The summed E-state index contributed by atoms with van der Waals surface area (Å²) in [5.74, 6) is -2.69. The number of nitrogens with zero attached hydrogens (tertiary/aromatic N) is 3. The zero-order valence-electron chi connectivity index (χ0n) is 18.6. The van der Waals surface area contributed by atoms with E-state index < -0.39 is 41.8 Å². The Morgan fingerprint density at radius 2 is 2.03 bits per heavy atom. The lowest BCUT2D eigenvalue weighted by Gasteiger charge is -2.27. The topological polar surface area (TPSA) is 104 Å². The SMILES string of the molecule is CC(NC(=O)c1cnc(C#N)c(-c2cc(F)cc(OC(F)F)c2)c1N1CC[C@](C)(N)C1)C(F)(F)F. The van der Waals surface area contributed by atoms with E-state index in [1.807, 2.05) is 5.32 Å². The number of halogens is 6. The Labute approximate surface area is 196 Å². The second-order valence-corrected chi connectivity index (χ2v) is 8.47. The lowest BCUT2D eigenvalue weighted by Crippen LogP contribution is -2.44. The maximum atomic E-state index is 14.3. The van der Waals surface area contributed by atoms with Crippen LogP contribution < -0.4 is 20.7 Å². The number of ether oxygens (including phenoxy) is 1. The first-order chi connectivity index (χ1) is 16.2. The fraction of sp³-hybridized carbons (Fsp3) is 0.409. The summed E-state index contributed by atoms with van der Waals surface area (Å²) in [6.07, 6.45) is -3.36. The highest BCUT2D eigenvalue weighted by Gasteiger charge is 2.39. The molecule has 7 nitrogen and oxygen atoms in total. The van der Waals surface area contributed by atoms with Crippen molar-refractivity contribution in [2.45, 2.75) is 44.6 Å². The highest BCUT2D eigenvalue weighted by atomic mass is 19.4. The van der Waals surface area contributed by atoms with Gasteiger partial charge in [-0.05, 0) is 38.0 Å². The largest absolute Gasteiger partial charge is 0.435 e. The van der Waals surface area contributed by atoms with Crippen molar-refractivity contribution in [3.05, 3.63) is 41.5 Å². The quantitative estimate of drug-likeness (QED) is 0.581. The van der Waals surface area contributed by atoms with E-state index in [9.17, 15) is 36.4 Å². The van der Waals surface area contributed by atoms with Gasteiger partial charge in [0, 0.05) is 36.5 Å². The molecule has 2 aromatic rings. The molecular formula is C22H21F6N5O2. The van der Waals surface area contributed by atoms with Gasteiger partial charge < -0.3 is 20.7 Å². The van der Waals surface area contributed by atoms with Crippen LogP contribution >= 0.6 is 0 Å². The van der Waals surface area contributed by atoms with Gasteiger partial charge in [-0.25, -0.2) is 9.37 Å². The van der Waals surface area contributed by atoms with E-state index in [4.69, 9.17) is 5.73 Å². The molecule has 1 aliphatic heterocycles. The van der Waals surface area contributed by atoms with E-state index in [-0.39, 0.29) is 41.2 Å². The van der Waals surface area contributed by atoms with Gasteiger partial charge in [-0.15, -0.1) is 0 Å². The maximum Gasteiger partial charge on any atom is 0.408 e. The average Bonchev–Trinajstić information content (AvgIpc) is 3.10. The number of benzene rings is 1. The van der Waals surface area contributed by atoms with Gasteiger partial charge in [0.05, 0.1) is 11.3 Å². The first-order valence-corrected chi connectivity index (χ1v) is 10.3. The molecule has 1 aromatic heterocycles. The third-order valence-electron chi connectivity index (χ3n) is 5.45. The number of alkyl halides is 5. The summed E-state index contributed by atoms with van der Waals surface area (Å²) >= 11 is 0. The van der Waals surface area contributed by atoms with Crippen LogP contribution in [-0.2, 0) is 0 Å². The van der Waals surface area contributed by atoms with Crippen LogP contribution in [0.5, 0.6) is 5.75 Å². The molecule has 3 N–H and O–H groups in total. The highest BCUT2D eigenvalue weighted by Crippen LogP contribution is 2.40. The number of nitriles is 1. The van der Waals surface area contributed by atoms with E-state index in [2.05, 4.69) is 9.72 Å². The van der Waals surface area contributed by atoms with Crippen molar-refractivity contribution < 1.29 is 35.9 Å². The minimum absolute atomic E-state index is 0.0220. The molecule has 188 valence electrons. The number of pyridine rings is 1. The molecule has 1 aliphatic rings. The van der Waals surface area contributed by atoms with E-state index in [1.54, 1.807) is 17.9 Å². The van der Waals surface area contributed by atoms with Gasteiger partial charge in [0.2, 0.25) is 0 Å². The van der Waals surface area contributed by atoms with Crippen molar-refractivity contribution in [1.29, 1.82) is 5.26 Å². The van der Waals surface area contributed by atoms with Crippen LogP contribution in [0, 0.1) is 17.1 Å². The fourth-order valence-electron chi connectivity index (χ4n) is 3.76. The smallest absolute Gasteiger partial charge is 0.408 e. The van der Waals surface area contributed by atoms with Crippen LogP contribution in [0.15, 0.2) is 24.4 Å². The predicted octanol–water partition coefficient (Wildman–Crippen LogP) is 3.97. The lowest BCUT2D eigenvalue weighted by molar-refractivity contribution is -0.149. The number of nitrogens with two attached hydrogens (primary N) is 1. The van der Waals surface area contributed by atoms with Crippen LogP contribution in [0.3, 0.4) is 0 Å². The summed E-state index contributed by atoms with van der Waals surface area (Å²) < 4.78 is 83.3. The Kier molecular flexibility index (Phi) is 7.16. The summed E-state index contributed by atoms with van der Waals surface area (Å²) in [6, 6.07) is 2.22. The van der Waals surface area contributed by atoms with Crippen LogP contribution in [0.4, 0.5) is 32.0 Å². The summed E-state index contributed by atoms with van der Waals surface area (Å²) in [7, 11) is 0. The van der Waals surface area contributed by atoms with E-state index in [0.29, 0.717) is 12.5 Å². The Hall–Kier alpha value is -3.53. The molecule has 1 aromatic carbocycles. The van der Waals surface area contributed by atoms with Crippen LogP contribution in [0.2, 0.25) is 0 Å². The number of carbonyl (C=O) groups is 1. The molecule has 0 aliphatic carbocycles. The molecule has 13 heteroatoms. The van der Waals surface area contributed by atoms with Gasteiger partial charge in [0.1, 0.15) is 29.4 Å². The summed E-state index contributed by atoms with van der Waals surface area (Å²) in [5.41, 5.74) is 4.54. The van der Waals surface area contributed by atoms with Crippen LogP contribution in [-0.4, -0.2) is 48.3 Å². The van der Waals surface area contributed by atoms with Crippen molar-refractivity contribution >= 4 is 11.6 Å². The summed E-state index contributed by atoms with van der Waals surface area (Å²) in [4.78, 5) is 18.4. The molecule has 1 unspecified atom stereocenters. The predicted molar refractivity (Wildman–Crippen MR) is 113 cm³/mol. The van der Waals surface area contributed by atoms with Crippen molar-refractivity contribution in [3.63, 3.8) is 0 Å². The third-order valence-corrected chi connectivity index (χ3v) is 5.45. The average molecular weight is 501 g/mol. The molecule has 3 rings (SSSR count). The first kappa shape index (κ1) is 26.1. The maximum absolute atomic E-state index is 14.3. The van der Waals surface area contributed by atoms with Crippen molar-refractivity contribution in [1.82, 2.24) is 10.3 Å². The molecule has 0 bridgehead atoms. The van der Waals surface area contributed by atoms with E-state index in [0.717, 1.165) is 25.3 Å². The van der Waals surface area contributed by atoms with Crippen LogP contribution in [0.25, 0.3) is 11.1 Å². The molecule has 0 spiro atoms. The van der Waals surface area contributed by atoms with Crippen molar-refractivity contribution in [2.75, 3.05) is 18.0 Å². The molecule has 2 heterocycles. The second kappa shape index (κ2) is 9.61. The van der Waals surface area contributed by atoms with E-state index >= 15 is 0 Å². The third kappa shape index (κ3) is 5.94. The fourth-order valence-corrected chi connectivity index (χ4v) is 3.76. The molecule has 1 saturated heterocycles. The standard InChI is InChI=1S/C22H21F6N5O2/c1-11(22(26,27)28)32-19(34)15-9-31-16(8-29)17(18(15)33-4-3-21(2,30)10-33)12-5-13(23)7-14(6-12)35-20(24)25/h5-7,9,11,20H,3-4,10,30H2,1-2H3,(H,32,34)/t11?,21-/m0/s1. The van der Waals surface area contributed by atoms with E-state index in [1.165, 1.54) is 0 Å². The van der Waals surface area contributed by atoms with Gasteiger partial charge in [0.15, 0.2) is 0 Å². The highest BCUT2D eigenvalue weighted by molar-refractivity contribution is 6.04. The molecule has 1 fully saturated rings. The van der Waals surface area contributed by atoms with Gasteiger partial charge in [-0.1, -0.05) is 0 Å². The van der Waals surface area contributed by atoms with Gasteiger partial charge >= 0.3 is 12.8 Å². The molecule has 1 amide bonds. The minimum atomic E-state index is -4.73. The number of amides is 1.